The number of nitrogens with zero attached hydrogens (tertiary/aromatic N) is 1. The second kappa shape index (κ2) is 12.5. The van der Waals surface area contributed by atoms with Crippen LogP contribution in [0, 0.1) is 0 Å². The molecule has 214 valence electrons. The summed E-state index contributed by atoms with van der Waals surface area (Å²) in [5.41, 5.74) is 11.7. The number of nitrogens with one attached hydrogen (secondary N) is 1. The first-order valence-corrected chi connectivity index (χ1v) is 14.6. The Hall–Kier alpha value is -4.62. The SMILES string of the molecule is NCc1cccc(C(=O)N2CCc3cc4ccc3C2c2cccc(c2)OCCCNC(=O)CCc2ccc(cc2)O4)c1. The normalized spacial score (nSPS) is 17.0. The van der Waals surface area contributed by atoms with Crippen LogP contribution in [-0.2, 0) is 24.2 Å². The summed E-state index contributed by atoms with van der Waals surface area (Å²) in [4.78, 5) is 28.3. The third-order valence-corrected chi connectivity index (χ3v) is 7.90. The summed E-state index contributed by atoms with van der Waals surface area (Å²) in [5.74, 6) is 2.21. The zero-order valence-corrected chi connectivity index (χ0v) is 23.6. The van der Waals surface area contributed by atoms with Gasteiger partial charge in [0.1, 0.15) is 17.2 Å². The maximum Gasteiger partial charge on any atom is 0.254 e. The zero-order valence-electron chi connectivity index (χ0n) is 23.6. The predicted octanol–water partition coefficient (Wildman–Crippen LogP) is 5.56. The lowest BCUT2D eigenvalue weighted by molar-refractivity contribution is -0.121. The summed E-state index contributed by atoms with van der Waals surface area (Å²) in [7, 11) is 0. The third kappa shape index (κ3) is 6.16. The van der Waals surface area contributed by atoms with E-state index in [0.29, 0.717) is 57.5 Å². The lowest BCUT2D eigenvalue weighted by atomic mass is 9.87. The topological polar surface area (TPSA) is 93.9 Å². The van der Waals surface area contributed by atoms with Crippen molar-refractivity contribution in [3.05, 3.63) is 124 Å². The highest BCUT2D eigenvalue weighted by molar-refractivity contribution is 5.95. The Kier molecular flexibility index (Phi) is 8.19. The van der Waals surface area contributed by atoms with Gasteiger partial charge in [0, 0.05) is 31.6 Å². The molecule has 0 spiro atoms. The molecule has 9 rings (SSSR count). The van der Waals surface area contributed by atoms with Crippen molar-refractivity contribution in [2.45, 2.75) is 38.3 Å². The first kappa shape index (κ1) is 27.5. The Morgan fingerprint density at radius 1 is 0.881 bits per heavy atom. The standard InChI is InChI=1S/C35H35N3O4/c36-23-25-4-1-6-28(20-25)35(40)38-18-16-26-21-31-13-14-32(26)34(38)27-5-2-7-30(22-27)41-19-3-17-37-33(39)15-10-24-8-11-29(42-31)12-9-24/h1-2,4-9,11-14,20-22,34H,3,10,15-19,23,36H2,(H,37,39). The molecule has 1 atom stereocenters. The van der Waals surface area contributed by atoms with Crippen LogP contribution in [0.2, 0.25) is 0 Å². The lowest BCUT2D eigenvalue weighted by Crippen LogP contribution is -2.40. The summed E-state index contributed by atoms with van der Waals surface area (Å²) in [6, 6.07) is 29.2. The highest BCUT2D eigenvalue weighted by atomic mass is 16.5. The molecular weight excluding hydrogens is 526 g/mol. The van der Waals surface area contributed by atoms with Gasteiger partial charge in [-0.25, -0.2) is 0 Å². The average molecular weight is 562 g/mol. The van der Waals surface area contributed by atoms with Gasteiger partial charge in [-0.2, -0.15) is 0 Å². The van der Waals surface area contributed by atoms with Crippen molar-refractivity contribution >= 4 is 11.8 Å². The number of ether oxygens (including phenoxy) is 2. The number of amides is 2. The van der Waals surface area contributed by atoms with Crippen molar-refractivity contribution in [1.29, 1.82) is 0 Å². The summed E-state index contributed by atoms with van der Waals surface area (Å²) >= 11 is 0. The monoisotopic (exact) mass is 561 g/mol. The molecule has 5 aliphatic rings. The second-order valence-electron chi connectivity index (χ2n) is 10.8. The average Bonchev–Trinajstić information content (AvgIpc) is 3.03. The Balaban J connectivity index is 1.38. The fraction of sp³-hybridized carbons (Fsp3) is 0.257. The summed E-state index contributed by atoms with van der Waals surface area (Å²) < 4.78 is 12.3. The van der Waals surface area contributed by atoms with Crippen LogP contribution in [0.25, 0.3) is 0 Å². The van der Waals surface area contributed by atoms with E-state index in [1.54, 1.807) is 0 Å². The van der Waals surface area contributed by atoms with E-state index in [-0.39, 0.29) is 17.9 Å². The van der Waals surface area contributed by atoms with Crippen molar-refractivity contribution in [3.63, 3.8) is 0 Å². The fourth-order valence-corrected chi connectivity index (χ4v) is 5.71. The Morgan fingerprint density at radius 3 is 2.57 bits per heavy atom. The van der Waals surface area contributed by atoms with Crippen LogP contribution in [0.15, 0.2) is 91.0 Å². The predicted molar refractivity (Wildman–Crippen MR) is 162 cm³/mol. The van der Waals surface area contributed by atoms with E-state index in [2.05, 4.69) is 17.4 Å². The van der Waals surface area contributed by atoms with E-state index in [0.717, 1.165) is 45.1 Å². The third-order valence-electron chi connectivity index (χ3n) is 7.90. The van der Waals surface area contributed by atoms with Gasteiger partial charge in [-0.05, 0) is 95.6 Å². The summed E-state index contributed by atoms with van der Waals surface area (Å²) in [6.45, 7) is 1.96. The minimum atomic E-state index is -0.298. The van der Waals surface area contributed by atoms with E-state index in [4.69, 9.17) is 15.2 Å². The molecule has 0 aliphatic carbocycles. The van der Waals surface area contributed by atoms with Crippen LogP contribution < -0.4 is 20.5 Å². The molecule has 4 aromatic carbocycles. The molecule has 1 unspecified atom stereocenters. The second-order valence-corrected chi connectivity index (χ2v) is 10.8. The van der Waals surface area contributed by atoms with Crippen LogP contribution in [-0.4, -0.2) is 36.4 Å². The molecule has 7 nitrogen and oxygen atoms in total. The number of aryl methyl sites for hydroxylation is 1. The number of nitrogens with two attached hydrogens (primary N) is 1. The number of hydrogen-bond acceptors (Lipinski definition) is 5. The van der Waals surface area contributed by atoms with Gasteiger partial charge < -0.3 is 25.4 Å². The quantitative estimate of drug-likeness (QED) is 0.334. The zero-order chi connectivity index (χ0) is 28.9. The van der Waals surface area contributed by atoms with Crippen molar-refractivity contribution in [1.82, 2.24) is 10.2 Å². The van der Waals surface area contributed by atoms with Crippen molar-refractivity contribution in [2.75, 3.05) is 19.7 Å². The molecule has 0 saturated heterocycles. The maximum atomic E-state index is 14.0. The molecule has 0 fully saturated rings. The Bertz CT molecular complexity index is 1580. The van der Waals surface area contributed by atoms with Crippen molar-refractivity contribution < 1.29 is 19.1 Å². The van der Waals surface area contributed by atoms with Gasteiger partial charge in [0.25, 0.3) is 5.91 Å². The maximum absolute atomic E-state index is 14.0. The number of rotatable bonds is 2. The Labute approximate surface area is 246 Å². The van der Waals surface area contributed by atoms with Gasteiger partial charge >= 0.3 is 0 Å². The van der Waals surface area contributed by atoms with Crippen LogP contribution in [0.4, 0.5) is 0 Å². The molecule has 0 saturated carbocycles. The molecule has 2 amide bonds. The lowest BCUT2D eigenvalue weighted by Gasteiger charge is -2.38. The van der Waals surface area contributed by atoms with Gasteiger partial charge in [-0.15, -0.1) is 0 Å². The summed E-state index contributed by atoms with van der Waals surface area (Å²) in [5, 5.41) is 2.98. The molecule has 3 N–H and O–H groups in total. The van der Waals surface area contributed by atoms with Gasteiger partial charge in [0.15, 0.2) is 0 Å². The first-order chi connectivity index (χ1) is 20.6. The molecule has 42 heavy (non-hydrogen) atoms. The number of benzene rings is 4. The van der Waals surface area contributed by atoms with Crippen LogP contribution in [0.1, 0.15) is 57.1 Å². The molecule has 0 radical (unpaired) electrons. The molecule has 7 heteroatoms. The number of carbonyl (C=O) groups excluding carboxylic acids is 2. The van der Waals surface area contributed by atoms with E-state index in [1.807, 2.05) is 83.8 Å². The smallest absolute Gasteiger partial charge is 0.254 e. The number of carbonyl (C=O) groups is 2. The summed E-state index contributed by atoms with van der Waals surface area (Å²) in [6.07, 6.45) is 2.50. The largest absolute Gasteiger partial charge is 0.494 e. The minimum absolute atomic E-state index is 0.0265. The molecule has 5 aliphatic heterocycles. The van der Waals surface area contributed by atoms with Crippen molar-refractivity contribution in [3.8, 4) is 17.2 Å². The molecule has 0 aromatic heterocycles. The molecule has 5 heterocycles. The first-order valence-electron chi connectivity index (χ1n) is 14.6. The van der Waals surface area contributed by atoms with E-state index >= 15 is 0 Å². The van der Waals surface area contributed by atoms with Gasteiger partial charge in [-0.1, -0.05) is 42.5 Å². The van der Waals surface area contributed by atoms with Crippen molar-refractivity contribution in [2.24, 2.45) is 5.73 Å². The molecular formula is C35H35N3O4. The van der Waals surface area contributed by atoms with E-state index in [1.165, 1.54) is 0 Å². The van der Waals surface area contributed by atoms with Crippen LogP contribution in [0.3, 0.4) is 0 Å². The molecule has 4 aromatic rings. The van der Waals surface area contributed by atoms with Gasteiger partial charge in [0.2, 0.25) is 5.91 Å². The fourth-order valence-electron chi connectivity index (χ4n) is 5.71. The van der Waals surface area contributed by atoms with E-state index in [9.17, 15) is 9.59 Å². The molecule has 8 bridgehead atoms. The highest BCUT2D eigenvalue weighted by Crippen LogP contribution is 2.39. The van der Waals surface area contributed by atoms with Gasteiger partial charge in [-0.3, -0.25) is 9.59 Å². The van der Waals surface area contributed by atoms with Crippen LogP contribution in [0.5, 0.6) is 17.2 Å². The van der Waals surface area contributed by atoms with E-state index < -0.39 is 0 Å². The number of hydrogen-bond donors (Lipinski definition) is 2. The Morgan fingerprint density at radius 2 is 1.71 bits per heavy atom. The highest BCUT2D eigenvalue weighted by Gasteiger charge is 2.33. The van der Waals surface area contributed by atoms with Gasteiger partial charge in [0.05, 0.1) is 12.6 Å². The minimum Gasteiger partial charge on any atom is -0.494 e. The van der Waals surface area contributed by atoms with Crippen LogP contribution >= 0.6 is 0 Å².